The first-order valence-corrected chi connectivity index (χ1v) is 7.77. The Morgan fingerprint density at radius 3 is 2.65 bits per heavy atom. The number of ketones is 1. The Balaban J connectivity index is 2.33. The molecule has 0 atom stereocenters. The Morgan fingerprint density at radius 2 is 2.05 bits per heavy atom. The van der Waals surface area contributed by atoms with Crippen LogP contribution in [0.2, 0.25) is 5.02 Å². The highest BCUT2D eigenvalue weighted by molar-refractivity contribution is 9.10. The summed E-state index contributed by atoms with van der Waals surface area (Å²) in [4.78, 5) is 12.4. The smallest absolute Gasteiger partial charge is 0.170 e. The summed E-state index contributed by atoms with van der Waals surface area (Å²) in [6.45, 7) is 4.80. The molecule has 0 spiro atoms. The van der Waals surface area contributed by atoms with Crippen molar-refractivity contribution in [3.63, 3.8) is 0 Å². The molecule has 1 aromatic heterocycles. The van der Waals surface area contributed by atoms with E-state index in [1.54, 1.807) is 12.1 Å². The van der Waals surface area contributed by atoms with Crippen LogP contribution in [0, 0.1) is 0 Å². The minimum atomic E-state index is 0.00792. The zero-order chi connectivity index (χ0) is 14.7. The Labute approximate surface area is 132 Å². The minimum absolute atomic E-state index is 0.00792. The molecule has 1 heterocycles. The van der Waals surface area contributed by atoms with Crippen LogP contribution < -0.4 is 0 Å². The van der Waals surface area contributed by atoms with Crippen LogP contribution >= 0.6 is 27.5 Å². The van der Waals surface area contributed by atoms with E-state index in [2.05, 4.69) is 21.0 Å². The van der Waals surface area contributed by atoms with E-state index in [-0.39, 0.29) is 5.78 Å². The number of aromatic nitrogens is 2. The van der Waals surface area contributed by atoms with Crippen molar-refractivity contribution in [2.45, 2.75) is 33.2 Å². The zero-order valence-electron chi connectivity index (χ0n) is 11.5. The molecule has 1 aromatic carbocycles. The second-order valence-electron chi connectivity index (χ2n) is 4.46. The van der Waals surface area contributed by atoms with E-state index in [0.29, 0.717) is 17.0 Å². The molecule has 0 bridgehead atoms. The van der Waals surface area contributed by atoms with Gasteiger partial charge >= 0.3 is 0 Å². The lowest BCUT2D eigenvalue weighted by atomic mass is 10.1. The Hall–Kier alpha value is -1.13. The van der Waals surface area contributed by atoms with Gasteiger partial charge in [0.2, 0.25) is 0 Å². The van der Waals surface area contributed by atoms with Crippen molar-refractivity contribution in [1.82, 2.24) is 9.78 Å². The number of hydrogen-bond acceptors (Lipinski definition) is 2. The summed E-state index contributed by atoms with van der Waals surface area (Å²) in [7, 11) is 0. The highest BCUT2D eigenvalue weighted by Crippen LogP contribution is 2.25. The van der Waals surface area contributed by atoms with E-state index in [1.807, 2.05) is 30.7 Å². The van der Waals surface area contributed by atoms with Crippen molar-refractivity contribution >= 4 is 33.3 Å². The van der Waals surface area contributed by atoms with Gasteiger partial charge in [-0.15, -0.1) is 0 Å². The quantitative estimate of drug-likeness (QED) is 0.749. The second-order valence-corrected chi connectivity index (χ2v) is 5.66. The van der Waals surface area contributed by atoms with Crippen LogP contribution in [-0.4, -0.2) is 15.6 Å². The summed E-state index contributed by atoms with van der Waals surface area (Å²) in [6, 6.07) is 7.13. The standard InChI is InChI=1S/C15H16BrClN2O/c1-3-12-15(16)13(19(4-2)18-12)9-14(20)10-7-5-6-8-11(10)17/h5-8H,3-4,9H2,1-2H3. The average molecular weight is 356 g/mol. The van der Waals surface area contributed by atoms with Gasteiger partial charge in [-0.05, 0) is 41.4 Å². The van der Waals surface area contributed by atoms with Gasteiger partial charge < -0.3 is 0 Å². The van der Waals surface area contributed by atoms with Crippen molar-refractivity contribution in [1.29, 1.82) is 0 Å². The Morgan fingerprint density at radius 1 is 1.35 bits per heavy atom. The van der Waals surface area contributed by atoms with Gasteiger partial charge in [0, 0.05) is 12.1 Å². The molecule has 5 heteroatoms. The normalized spacial score (nSPS) is 10.8. The molecule has 2 rings (SSSR count). The molecular weight excluding hydrogens is 340 g/mol. The molecule has 0 unspecified atom stereocenters. The number of benzene rings is 1. The topological polar surface area (TPSA) is 34.9 Å². The van der Waals surface area contributed by atoms with Gasteiger partial charge in [-0.2, -0.15) is 5.10 Å². The lowest BCUT2D eigenvalue weighted by Gasteiger charge is -2.06. The first kappa shape index (κ1) is 15.3. The minimum Gasteiger partial charge on any atom is -0.294 e. The van der Waals surface area contributed by atoms with Crippen LogP contribution in [0.4, 0.5) is 0 Å². The maximum absolute atomic E-state index is 12.4. The van der Waals surface area contributed by atoms with Gasteiger partial charge in [0.15, 0.2) is 5.78 Å². The molecule has 0 N–H and O–H groups in total. The van der Waals surface area contributed by atoms with E-state index >= 15 is 0 Å². The number of carbonyl (C=O) groups excluding carboxylic acids is 1. The monoisotopic (exact) mass is 354 g/mol. The fraction of sp³-hybridized carbons (Fsp3) is 0.333. The molecule has 0 aliphatic rings. The predicted octanol–water partition coefficient (Wildman–Crippen LogP) is 4.31. The van der Waals surface area contributed by atoms with E-state index in [9.17, 15) is 4.79 Å². The van der Waals surface area contributed by atoms with Gasteiger partial charge in [0.25, 0.3) is 0 Å². The fourth-order valence-corrected chi connectivity index (χ4v) is 3.07. The number of hydrogen-bond donors (Lipinski definition) is 0. The number of carbonyl (C=O) groups is 1. The number of Topliss-reactive ketones (excluding diaryl/α,β-unsaturated/α-hetero) is 1. The van der Waals surface area contributed by atoms with Gasteiger partial charge in [-0.25, -0.2) is 0 Å². The molecule has 0 fully saturated rings. The summed E-state index contributed by atoms with van der Waals surface area (Å²) in [5, 5.41) is 4.99. The molecule has 0 saturated carbocycles. The van der Waals surface area contributed by atoms with Crippen molar-refractivity contribution in [2.24, 2.45) is 0 Å². The van der Waals surface area contributed by atoms with Crippen LogP contribution in [0.15, 0.2) is 28.7 Å². The van der Waals surface area contributed by atoms with Crippen molar-refractivity contribution in [2.75, 3.05) is 0 Å². The maximum atomic E-state index is 12.4. The molecule has 3 nitrogen and oxygen atoms in total. The third-order valence-corrected chi connectivity index (χ3v) is 4.44. The van der Waals surface area contributed by atoms with E-state index in [4.69, 9.17) is 11.6 Å². The van der Waals surface area contributed by atoms with Crippen LogP contribution in [0.25, 0.3) is 0 Å². The molecule has 106 valence electrons. The van der Waals surface area contributed by atoms with Gasteiger partial charge in [0.05, 0.1) is 27.3 Å². The molecule has 0 saturated heterocycles. The van der Waals surface area contributed by atoms with Gasteiger partial charge in [0.1, 0.15) is 0 Å². The molecular formula is C15H16BrClN2O. The first-order valence-electron chi connectivity index (χ1n) is 6.60. The van der Waals surface area contributed by atoms with Crippen molar-refractivity contribution in [3.05, 3.63) is 50.7 Å². The fourth-order valence-electron chi connectivity index (χ4n) is 2.12. The molecule has 0 aliphatic heterocycles. The average Bonchev–Trinajstić information content (AvgIpc) is 2.75. The molecule has 2 aromatic rings. The van der Waals surface area contributed by atoms with E-state index in [0.717, 1.165) is 28.8 Å². The van der Waals surface area contributed by atoms with Crippen LogP contribution in [0.3, 0.4) is 0 Å². The van der Waals surface area contributed by atoms with E-state index < -0.39 is 0 Å². The van der Waals surface area contributed by atoms with Crippen molar-refractivity contribution in [3.8, 4) is 0 Å². The van der Waals surface area contributed by atoms with E-state index in [1.165, 1.54) is 0 Å². The Kier molecular flexibility index (Phi) is 5.00. The number of halogens is 2. The molecule has 20 heavy (non-hydrogen) atoms. The number of aryl methyl sites for hydroxylation is 2. The first-order chi connectivity index (χ1) is 9.58. The van der Waals surface area contributed by atoms with Crippen molar-refractivity contribution < 1.29 is 4.79 Å². The number of rotatable bonds is 5. The second kappa shape index (κ2) is 6.55. The third-order valence-electron chi connectivity index (χ3n) is 3.20. The summed E-state index contributed by atoms with van der Waals surface area (Å²) in [5.41, 5.74) is 2.45. The lowest BCUT2D eigenvalue weighted by molar-refractivity contribution is 0.0990. The van der Waals surface area contributed by atoms with Crippen LogP contribution in [0.5, 0.6) is 0 Å². The number of nitrogens with zero attached hydrogens (tertiary/aromatic N) is 2. The lowest BCUT2D eigenvalue weighted by Crippen LogP contribution is -2.10. The summed E-state index contributed by atoms with van der Waals surface area (Å²) >= 11 is 9.63. The largest absolute Gasteiger partial charge is 0.294 e. The van der Waals surface area contributed by atoms with Crippen LogP contribution in [0.1, 0.15) is 35.6 Å². The highest BCUT2D eigenvalue weighted by Gasteiger charge is 2.18. The molecule has 0 aliphatic carbocycles. The predicted molar refractivity (Wildman–Crippen MR) is 84.5 cm³/mol. The van der Waals surface area contributed by atoms with Crippen LogP contribution in [-0.2, 0) is 19.4 Å². The summed E-state index contributed by atoms with van der Waals surface area (Å²) in [5.74, 6) is 0.00792. The van der Waals surface area contributed by atoms with Gasteiger partial charge in [-0.1, -0.05) is 30.7 Å². The molecule has 0 radical (unpaired) electrons. The third kappa shape index (κ3) is 2.96. The van der Waals surface area contributed by atoms with Gasteiger partial charge in [-0.3, -0.25) is 9.48 Å². The SMILES string of the molecule is CCc1nn(CC)c(CC(=O)c2ccccc2Cl)c1Br. The highest BCUT2D eigenvalue weighted by atomic mass is 79.9. The Bertz CT molecular complexity index is 637. The summed E-state index contributed by atoms with van der Waals surface area (Å²) in [6.07, 6.45) is 1.13. The zero-order valence-corrected chi connectivity index (χ0v) is 13.8. The summed E-state index contributed by atoms with van der Waals surface area (Å²) < 4.78 is 2.81. The maximum Gasteiger partial charge on any atom is 0.170 e. The molecule has 0 amide bonds.